The summed E-state index contributed by atoms with van der Waals surface area (Å²) in [6.45, 7) is 0. The smallest absolute Gasteiger partial charge is 0.224 e. The van der Waals surface area contributed by atoms with Crippen molar-refractivity contribution in [3.63, 3.8) is 0 Å². The van der Waals surface area contributed by atoms with Crippen molar-refractivity contribution in [2.45, 2.75) is 12.8 Å². The first-order chi connectivity index (χ1) is 15.6. The number of thiazole rings is 1. The van der Waals surface area contributed by atoms with E-state index in [-0.39, 0.29) is 24.5 Å². The van der Waals surface area contributed by atoms with Gasteiger partial charge in [-0.1, -0.05) is 42.5 Å². The van der Waals surface area contributed by atoms with Gasteiger partial charge in [0.15, 0.2) is 5.78 Å². The summed E-state index contributed by atoms with van der Waals surface area (Å²) < 4.78 is 5.09. The number of methoxy groups -OCH3 is 1. The number of nitrogens with zero attached hydrogens (tertiary/aromatic N) is 1. The van der Waals surface area contributed by atoms with E-state index in [0.717, 1.165) is 21.8 Å². The molecule has 160 valence electrons. The predicted molar refractivity (Wildman–Crippen MR) is 128 cm³/mol. The molecule has 0 unspecified atom stereocenters. The van der Waals surface area contributed by atoms with E-state index in [9.17, 15) is 9.59 Å². The summed E-state index contributed by atoms with van der Waals surface area (Å²) >= 11 is 1.60. The van der Waals surface area contributed by atoms with Crippen LogP contribution in [0.5, 0.6) is 5.75 Å². The molecular formula is C26H22N2O3S. The lowest BCUT2D eigenvalue weighted by Crippen LogP contribution is -2.13. The van der Waals surface area contributed by atoms with Gasteiger partial charge >= 0.3 is 0 Å². The number of nitrogens with one attached hydrogen (secondary N) is 1. The van der Waals surface area contributed by atoms with E-state index in [2.05, 4.69) is 5.32 Å². The van der Waals surface area contributed by atoms with Crippen molar-refractivity contribution in [3.8, 4) is 27.6 Å². The number of hydrogen-bond donors (Lipinski definition) is 1. The SMILES string of the molecule is COc1ccc(C(=O)CCC(=O)Nc2ccc(-c3csc(-c4ccccc4)n3)cc2)cc1. The first-order valence-corrected chi connectivity index (χ1v) is 11.1. The van der Waals surface area contributed by atoms with E-state index in [1.54, 1.807) is 42.7 Å². The van der Waals surface area contributed by atoms with Crippen molar-refractivity contribution in [3.05, 3.63) is 89.8 Å². The third-order valence-corrected chi connectivity index (χ3v) is 5.87. The Bertz CT molecular complexity index is 1200. The van der Waals surface area contributed by atoms with Crippen molar-refractivity contribution in [2.75, 3.05) is 12.4 Å². The fourth-order valence-corrected chi connectivity index (χ4v) is 4.05. The molecule has 0 aliphatic heterocycles. The molecule has 4 aromatic rings. The van der Waals surface area contributed by atoms with E-state index in [0.29, 0.717) is 17.0 Å². The highest BCUT2D eigenvalue weighted by molar-refractivity contribution is 7.13. The lowest BCUT2D eigenvalue weighted by Gasteiger charge is -2.06. The average molecular weight is 443 g/mol. The monoisotopic (exact) mass is 442 g/mol. The second-order valence-corrected chi connectivity index (χ2v) is 8.04. The summed E-state index contributed by atoms with van der Waals surface area (Å²) in [6.07, 6.45) is 0.274. The van der Waals surface area contributed by atoms with Crippen molar-refractivity contribution in [1.29, 1.82) is 0 Å². The third kappa shape index (κ3) is 5.28. The molecule has 0 bridgehead atoms. The van der Waals surface area contributed by atoms with Gasteiger partial charge in [-0.05, 0) is 36.4 Å². The molecule has 1 N–H and O–H groups in total. The van der Waals surface area contributed by atoms with Gasteiger partial charge < -0.3 is 10.1 Å². The third-order valence-electron chi connectivity index (χ3n) is 4.98. The predicted octanol–water partition coefficient (Wildman–Crippen LogP) is 6.09. The number of ketones is 1. The number of benzene rings is 3. The highest BCUT2D eigenvalue weighted by Crippen LogP contribution is 2.29. The molecule has 0 spiro atoms. The van der Waals surface area contributed by atoms with Crippen molar-refractivity contribution in [1.82, 2.24) is 4.98 Å². The molecule has 0 atom stereocenters. The highest BCUT2D eigenvalue weighted by Gasteiger charge is 2.11. The minimum Gasteiger partial charge on any atom is -0.497 e. The molecule has 1 amide bonds. The molecule has 0 saturated carbocycles. The molecule has 0 fully saturated rings. The molecule has 32 heavy (non-hydrogen) atoms. The van der Waals surface area contributed by atoms with Crippen LogP contribution in [0.3, 0.4) is 0 Å². The Hall–Kier alpha value is -3.77. The Balaban J connectivity index is 1.32. The normalized spacial score (nSPS) is 10.5. The molecular weight excluding hydrogens is 420 g/mol. The van der Waals surface area contributed by atoms with Crippen LogP contribution >= 0.6 is 11.3 Å². The standard InChI is InChI=1S/C26H22N2O3S/c1-31-22-13-9-19(10-14-22)24(29)15-16-25(30)27-21-11-7-18(8-12-21)23-17-32-26(28-23)20-5-3-2-4-6-20/h2-14,17H,15-16H2,1H3,(H,27,30). The van der Waals surface area contributed by atoms with Crippen LogP contribution in [-0.4, -0.2) is 23.8 Å². The zero-order chi connectivity index (χ0) is 22.3. The van der Waals surface area contributed by atoms with Crippen molar-refractivity contribution >= 4 is 28.7 Å². The zero-order valence-electron chi connectivity index (χ0n) is 17.6. The van der Waals surface area contributed by atoms with Crippen LogP contribution in [0.15, 0.2) is 84.2 Å². The van der Waals surface area contributed by atoms with Gasteiger partial charge in [0.2, 0.25) is 5.91 Å². The lowest BCUT2D eigenvalue weighted by molar-refractivity contribution is -0.116. The van der Waals surface area contributed by atoms with Gasteiger partial charge in [0.1, 0.15) is 10.8 Å². The molecule has 0 radical (unpaired) electrons. The van der Waals surface area contributed by atoms with Gasteiger partial charge in [-0.3, -0.25) is 9.59 Å². The van der Waals surface area contributed by atoms with Gasteiger partial charge in [-0.25, -0.2) is 4.98 Å². The van der Waals surface area contributed by atoms with Crippen LogP contribution < -0.4 is 10.1 Å². The number of anilines is 1. The molecule has 1 heterocycles. The summed E-state index contributed by atoms with van der Waals surface area (Å²) in [7, 11) is 1.58. The summed E-state index contributed by atoms with van der Waals surface area (Å²) in [5, 5.41) is 5.85. The van der Waals surface area contributed by atoms with Crippen LogP contribution in [0.2, 0.25) is 0 Å². The number of hydrogen-bond acceptors (Lipinski definition) is 5. The second-order valence-electron chi connectivity index (χ2n) is 7.18. The molecule has 4 rings (SSSR count). The molecule has 0 saturated heterocycles. The fourth-order valence-electron chi connectivity index (χ4n) is 3.22. The van der Waals surface area contributed by atoms with Crippen molar-refractivity contribution in [2.24, 2.45) is 0 Å². The molecule has 1 aromatic heterocycles. The molecule has 5 nitrogen and oxygen atoms in total. The maximum atomic E-state index is 12.3. The summed E-state index contributed by atoms with van der Waals surface area (Å²) in [5.74, 6) is 0.423. The van der Waals surface area contributed by atoms with E-state index in [1.807, 2.05) is 60.0 Å². The van der Waals surface area contributed by atoms with Crippen LogP contribution in [-0.2, 0) is 4.79 Å². The zero-order valence-corrected chi connectivity index (χ0v) is 18.4. The van der Waals surface area contributed by atoms with Gasteiger partial charge in [-0.15, -0.1) is 11.3 Å². The quantitative estimate of drug-likeness (QED) is 0.335. The number of carbonyl (C=O) groups excluding carboxylic acids is 2. The van der Waals surface area contributed by atoms with Gasteiger partial charge in [0, 0.05) is 40.6 Å². The lowest BCUT2D eigenvalue weighted by atomic mass is 10.1. The summed E-state index contributed by atoms with van der Waals surface area (Å²) in [5.41, 5.74) is 4.24. The summed E-state index contributed by atoms with van der Waals surface area (Å²) in [6, 6.07) is 24.5. The number of aromatic nitrogens is 1. The molecule has 0 aliphatic rings. The Morgan fingerprint density at radius 2 is 1.59 bits per heavy atom. The molecule has 3 aromatic carbocycles. The number of amides is 1. The Kier molecular flexibility index (Phi) is 6.72. The van der Waals surface area contributed by atoms with E-state index in [4.69, 9.17) is 9.72 Å². The second kappa shape index (κ2) is 10.0. The Labute approximate surface area is 190 Å². The van der Waals surface area contributed by atoms with Gasteiger partial charge in [-0.2, -0.15) is 0 Å². The highest BCUT2D eigenvalue weighted by atomic mass is 32.1. The maximum absolute atomic E-state index is 12.3. The molecule has 0 aliphatic carbocycles. The van der Waals surface area contributed by atoms with E-state index >= 15 is 0 Å². The topological polar surface area (TPSA) is 68.3 Å². The van der Waals surface area contributed by atoms with Crippen LogP contribution in [0.1, 0.15) is 23.2 Å². The largest absolute Gasteiger partial charge is 0.497 e. The van der Waals surface area contributed by atoms with Gasteiger partial charge in [0.25, 0.3) is 0 Å². The number of carbonyl (C=O) groups is 2. The van der Waals surface area contributed by atoms with Crippen LogP contribution in [0, 0.1) is 0 Å². The fraction of sp³-hybridized carbons (Fsp3) is 0.115. The number of Topliss-reactive ketones (excluding diaryl/α,β-unsaturated/α-hetero) is 1. The van der Waals surface area contributed by atoms with E-state index in [1.165, 1.54) is 0 Å². The Morgan fingerprint density at radius 3 is 2.28 bits per heavy atom. The van der Waals surface area contributed by atoms with Gasteiger partial charge in [0.05, 0.1) is 12.8 Å². The number of ether oxygens (including phenoxy) is 1. The average Bonchev–Trinajstić information content (AvgIpc) is 3.34. The maximum Gasteiger partial charge on any atom is 0.224 e. The van der Waals surface area contributed by atoms with E-state index < -0.39 is 0 Å². The summed E-state index contributed by atoms with van der Waals surface area (Å²) in [4.78, 5) is 29.3. The minimum atomic E-state index is -0.195. The van der Waals surface area contributed by atoms with Crippen LogP contribution in [0.4, 0.5) is 5.69 Å². The minimum absolute atomic E-state index is 0.0732. The Morgan fingerprint density at radius 1 is 0.875 bits per heavy atom. The first kappa shape index (κ1) is 21.5. The van der Waals surface area contributed by atoms with Crippen LogP contribution in [0.25, 0.3) is 21.8 Å². The van der Waals surface area contributed by atoms with Crippen molar-refractivity contribution < 1.29 is 14.3 Å². The molecule has 6 heteroatoms. The number of rotatable bonds is 8. The first-order valence-electron chi connectivity index (χ1n) is 10.2.